The fraction of sp³-hybridized carbons (Fsp3) is 0. The van der Waals surface area contributed by atoms with Crippen molar-refractivity contribution in [2.45, 2.75) is 0 Å². The molecule has 0 aliphatic heterocycles. The second-order valence-electron chi connectivity index (χ2n) is 0.767. The van der Waals surface area contributed by atoms with Crippen LogP contribution in [0.25, 0.3) is 0 Å². The largest absolute Gasteiger partial charge is 0.179 e. The van der Waals surface area contributed by atoms with Gasteiger partial charge in [0, 0.05) is 16.5 Å². The van der Waals surface area contributed by atoms with Gasteiger partial charge >= 0.3 is 0 Å². The van der Waals surface area contributed by atoms with Crippen LogP contribution in [0.1, 0.15) is 0 Å². The minimum absolute atomic E-state index is 0. The van der Waals surface area contributed by atoms with Gasteiger partial charge in [-0.2, -0.15) is 0 Å². The Morgan fingerprint density at radius 1 is 0.294 bits per heavy atom. The molecule has 0 bridgehead atoms. The molecule has 0 rings (SSSR count). The summed E-state index contributed by atoms with van der Waals surface area (Å²) in [5, 5.41) is 0. The summed E-state index contributed by atoms with van der Waals surface area (Å²) >= 11 is 58.4. The molecule has 0 aromatic carbocycles. The Balaban J connectivity index is -0.0000000369. The van der Waals surface area contributed by atoms with E-state index in [-0.39, 0.29) is 16.5 Å². The fourth-order valence-corrected chi connectivity index (χ4v) is 0. The van der Waals surface area contributed by atoms with E-state index in [1.54, 1.807) is 0 Å². The predicted molar refractivity (Wildman–Crippen MR) is 97.9 cm³/mol. The van der Waals surface area contributed by atoms with Gasteiger partial charge in [-0.05, 0) is 0 Å². The third kappa shape index (κ3) is 260. The van der Waals surface area contributed by atoms with Crippen LogP contribution in [0.3, 0.4) is 0 Å². The third-order valence-corrected chi connectivity index (χ3v) is 0. The SMILES string of the molecule is ClP(Cl)Cl.ClP(Cl)Cl.ClP(Cl)Cl.ClP(Cl)Cl.[Ni]. The molecule has 17 heavy (non-hydrogen) atoms. The van der Waals surface area contributed by atoms with Crippen LogP contribution < -0.4 is 0 Å². The molecular weight excluding hydrogens is 608 g/mol. The molecule has 0 N–H and O–H groups in total. The molecule has 0 heterocycles. The van der Waals surface area contributed by atoms with E-state index < -0.39 is 23.9 Å². The first-order valence-corrected chi connectivity index (χ1v) is 18.3. The molecule has 0 aliphatic carbocycles. The zero-order valence-corrected chi connectivity index (χ0v) is 20.3. The maximum Gasteiger partial charge on any atom is 0.179 e. The summed E-state index contributed by atoms with van der Waals surface area (Å²) in [6, 6.07) is 0. The van der Waals surface area contributed by atoms with Crippen molar-refractivity contribution in [3.63, 3.8) is 0 Å². The normalized spacial score (nSPS) is 8.47. The van der Waals surface area contributed by atoms with Gasteiger partial charge in [-0.3, -0.25) is 0 Å². The molecular formula is Cl12NiP4. The Kier molecular flexibility index (Phi) is 59.5. The summed E-state index contributed by atoms with van der Waals surface area (Å²) in [7, 11) is 0. The van der Waals surface area contributed by atoms with Crippen LogP contribution in [0, 0.1) is 0 Å². The number of hydrogen-bond acceptors (Lipinski definition) is 0. The number of halogens is 12. The van der Waals surface area contributed by atoms with E-state index in [1.165, 1.54) is 0 Å². The Bertz CT molecular complexity index is 61.5. The minimum atomic E-state index is -1.20. The van der Waals surface area contributed by atoms with Gasteiger partial charge in [0.25, 0.3) is 0 Å². The zero-order valence-electron chi connectivity index (χ0n) is 6.64. The van der Waals surface area contributed by atoms with E-state index in [1.807, 2.05) is 0 Å². The predicted octanol–water partition coefficient (Wildman–Crippen LogP) is 11.7. The second-order valence-corrected chi connectivity index (χ2v) is 20.7. The molecule has 0 aliphatic rings. The van der Waals surface area contributed by atoms with Crippen molar-refractivity contribution in [3.05, 3.63) is 0 Å². The van der Waals surface area contributed by atoms with Gasteiger partial charge in [-0.1, -0.05) is 135 Å². The van der Waals surface area contributed by atoms with Crippen LogP contribution in [0.2, 0.25) is 0 Å². The topological polar surface area (TPSA) is 0 Å². The number of rotatable bonds is 0. The van der Waals surface area contributed by atoms with Gasteiger partial charge in [-0.25, -0.2) is 0 Å². The van der Waals surface area contributed by atoms with Crippen LogP contribution in [-0.2, 0) is 16.5 Å². The van der Waals surface area contributed by atoms with Gasteiger partial charge in [0.05, 0.1) is 0 Å². The van der Waals surface area contributed by atoms with Crippen molar-refractivity contribution in [1.29, 1.82) is 0 Å². The summed E-state index contributed by atoms with van der Waals surface area (Å²) in [6.45, 7) is 0. The smallest absolute Gasteiger partial charge is 0.0596 e. The summed E-state index contributed by atoms with van der Waals surface area (Å²) in [6.07, 6.45) is 0. The maximum absolute atomic E-state index is 4.87. The molecule has 0 saturated heterocycles. The van der Waals surface area contributed by atoms with Crippen molar-refractivity contribution in [1.82, 2.24) is 0 Å². The molecule has 0 radical (unpaired) electrons. The van der Waals surface area contributed by atoms with Crippen LogP contribution in [0.4, 0.5) is 0 Å². The van der Waals surface area contributed by atoms with Gasteiger partial charge < -0.3 is 0 Å². The van der Waals surface area contributed by atoms with Crippen LogP contribution in [-0.4, -0.2) is 0 Å². The summed E-state index contributed by atoms with van der Waals surface area (Å²) in [5.74, 6) is -4.81. The van der Waals surface area contributed by atoms with E-state index in [2.05, 4.69) is 0 Å². The first-order chi connectivity index (χ1) is 6.93. The van der Waals surface area contributed by atoms with Crippen molar-refractivity contribution < 1.29 is 16.5 Å². The van der Waals surface area contributed by atoms with Crippen LogP contribution in [0.15, 0.2) is 0 Å². The summed E-state index contributed by atoms with van der Waals surface area (Å²) in [5.41, 5.74) is 0. The molecule has 0 amide bonds. The molecule has 0 nitrogen and oxygen atoms in total. The van der Waals surface area contributed by atoms with Crippen molar-refractivity contribution in [3.8, 4) is 0 Å². The van der Waals surface area contributed by atoms with Gasteiger partial charge in [0.1, 0.15) is 0 Å². The molecule has 0 atom stereocenters. The van der Waals surface area contributed by atoms with E-state index in [9.17, 15) is 0 Å². The Hall–Kier alpha value is 5.69. The Morgan fingerprint density at radius 3 is 0.294 bits per heavy atom. The quantitative estimate of drug-likeness (QED) is 0.190. The minimum Gasteiger partial charge on any atom is -0.0596 e. The van der Waals surface area contributed by atoms with Gasteiger partial charge in [0.2, 0.25) is 0 Å². The average Bonchev–Trinajstić information content (AvgIpc) is 1.76. The zero-order chi connectivity index (χ0) is 14.3. The summed E-state index contributed by atoms with van der Waals surface area (Å²) in [4.78, 5) is 0. The molecule has 0 saturated carbocycles. The van der Waals surface area contributed by atoms with Crippen LogP contribution in [0.5, 0.6) is 0 Å². The van der Waals surface area contributed by atoms with E-state index in [0.717, 1.165) is 0 Å². The molecule has 0 spiro atoms. The molecule has 0 unspecified atom stereocenters. The Labute approximate surface area is 173 Å². The van der Waals surface area contributed by atoms with Gasteiger partial charge in [0.15, 0.2) is 23.9 Å². The Morgan fingerprint density at radius 2 is 0.294 bits per heavy atom. The van der Waals surface area contributed by atoms with Crippen LogP contribution >= 0.6 is 159 Å². The number of hydrogen-bond donors (Lipinski definition) is 0. The molecule has 17 heteroatoms. The average molecular weight is 608 g/mol. The third-order valence-electron chi connectivity index (χ3n) is 0. The first kappa shape index (κ1) is 34.1. The first-order valence-electron chi connectivity index (χ1n) is 2.03. The van der Waals surface area contributed by atoms with E-state index >= 15 is 0 Å². The molecule has 0 aromatic heterocycles. The maximum atomic E-state index is 4.87. The van der Waals surface area contributed by atoms with E-state index in [0.29, 0.717) is 0 Å². The monoisotopic (exact) mass is 601 g/mol. The van der Waals surface area contributed by atoms with Crippen molar-refractivity contribution >= 4 is 159 Å². The van der Waals surface area contributed by atoms with Gasteiger partial charge in [-0.15, -0.1) is 0 Å². The van der Waals surface area contributed by atoms with Crippen molar-refractivity contribution in [2.75, 3.05) is 0 Å². The second kappa shape index (κ2) is 29.7. The molecule has 0 fully saturated rings. The standard InChI is InChI=1S/4Cl3P.Ni/c4*1-4(2)3;. The van der Waals surface area contributed by atoms with Crippen molar-refractivity contribution in [2.24, 2.45) is 0 Å². The molecule has 114 valence electrons. The molecule has 0 aromatic rings. The van der Waals surface area contributed by atoms with E-state index in [4.69, 9.17) is 135 Å². The summed E-state index contributed by atoms with van der Waals surface area (Å²) < 4.78 is 0. The fourth-order valence-electron chi connectivity index (χ4n) is 0.